The first-order valence-corrected chi connectivity index (χ1v) is 8.40. The fourth-order valence-corrected chi connectivity index (χ4v) is 4.00. The van der Waals surface area contributed by atoms with E-state index in [4.69, 9.17) is 0 Å². The van der Waals surface area contributed by atoms with Crippen molar-refractivity contribution in [1.82, 2.24) is 0 Å². The predicted octanol–water partition coefficient (Wildman–Crippen LogP) is 3.59. The Kier molecular flexibility index (Phi) is 3.72. The van der Waals surface area contributed by atoms with Crippen molar-refractivity contribution in [2.24, 2.45) is 0 Å². The number of benzene rings is 3. The Hall–Kier alpha value is -2.38. The number of hydrogen-bond acceptors (Lipinski definition) is 0. The van der Waals surface area contributed by atoms with Crippen LogP contribution < -0.4 is 4.90 Å². The molecule has 0 amide bonds. The molecule has 114 valence electrons. The van der Waals surface area contributed by atoms with Gasteiger partial charge in [-0.3, -0.25) is 0 Å². The highest BCUT2D eigenvalue weighted by Crippen LogP contribution is 2.36. The van der Waals surface area contributed by atoms with Gasteiger partial charge in [-0.05, 0) is 23.3 Å². The summed E-state index contributed by atoms with van der Waals surface area (Å²) in [6.45, 7) is 2.29. The Morgan fingerprint density at radius 3 is 1.61 bits per heavy atom. The molecule has 1 heterocycles. The molecule has 0 radical (unpaired) electrons. The summed E-state index contributed by atoms with van der Waals surface area (Å²) in [6.07, 6.45) is 1.19. The summed E-state index contributed by atoms with van der Waals surface area (Å²) in [5, 5.41) is 0. The topological polar surface area (TPSA) is 4.44 Å². The van der Waals surface area contributed by atoms with E-state index in [9.17, 15) is 0 Å². The van der Waals surface area contributed by atoms with Crippen LogP contribution in [-0.2, 0) is 5.41 Å². The first kappa shape index (κ1) is 14.2. The molecule has 1 atom stereocenters. The summed E-state index contributed by atoms with van der Waals surface area (Å²) in [4.78, 5) is 1.58. The van der Waals surface area contributed by atoms with E-state index >= 15 is 0 Å². The maximum atomic E-state index is 2.29. The van der Waals surface area contributed by atoms with Crippen molar-refractivity contribution in [2.45, 2.75) is 11.8 Å². The average Bonchev–Trinajstić information content (AvgIpc) is 3.11. The summed E-state index contributed by atoms with van der Waals surface area (Å²) in [5.41, 5.74) is 4.41. The quantitative estimate of drug-likeness (QED) is 0.754. The fourth-order valence-electron chi connectivity index (χ4n) is 4.00. The van der Waals surface area contributed by atoms with Crippen molar-refractivity contribution >= 4 is 5.69 Å². The van der Waals surface area contributed by atoms with Crippen molar-refractivity contribution in [1.29, 1.82) is 0 Å². The molecule has 1 aliphatic rings. The van der Waals surface area contributed by atoms with Gasteiger partial charge in [0.15, 0.2) is 0 Å². The Balaban J connectivity index is 1.77. The minimum atomic E-state index is 0.119. The molecule has 0 aromatic heterocycles. The van der Waals surface area contributed by atoms with Crippen molar-refractivity contribution in [3.05, 3.63) is 102 Å². The number of nitrogens with one attached hydrogen (secondary N) is 1. The summed E-state index contributed by atoms with van der Waals surface area (Å²) >= 11 is 0. The van der Waals surface area contributed by atoms with E-state index in [0.29, 0.717) is 0 Å². The standard InChI is InChI=1S/C22H21N/c1-4-10-19(11-5-1)22(20-12-6-2-7-13-20)16-17-23(18-22)21-14-8-3-9-15-21/h1-15H,16-18H2/p+1. The highest BCUT2D eigenvalue weighted by molar-refractivity contribution is 5.41. The van der Waals surface area contributed by atoms with Crippen molar-refractivity contribution in [3.63, 3.8) is 0 Å². The molecule has 1 saturated heterocycles. The van der Waals surface area contributed by atoms with E-state index in [1.165, 1.54) is 29.8 Å². The molecule has 3 aromatic rings. The highest BCUT2D eigenvalue weighted by atomic mass is 15.2. The van der Waals surface area contributed by atoms with Crippen LogP contribution in [0, 0.1) is 0 Å². The van der Waals surface area contributed by atoms with Gasteiger partial charge in [-0.1, -0.05) is 78.9 Å². The second kappa shape index (κ2) is 6.02. The normalized spacial score (nSPS) is 19.6. The lowest BCUT2D eigenvalue weighted by molar-refractivity contribution is -0.820. The smallest absolute Gasteiger partial charge is 0.131 e. The summed E-state index contributed by atoms with van der Waals surface area (Å²) in [6, 6.07) is 33.0. The maximum Gasteiger partial charge on any atom is 0.131 e. The summed E-state index contributed by atoms with van der Waals surface area (Å²) < 4.78 is 0. The summed E-state index contributed by atoms with van der Waals surface area (Å²) in [5.74, 6) is 0. The van der Waals surface area contributed by atoms with Crippen LogP contribution in [0.3, 0.4) is 0 Å². The molecular weight excluding hydrogens is 278 g/mol. The van der Waals surface area contributed by atoms with Crippen LogP contribution in [0.1, 0.15) is 17.5 Å². The first-order chi connectivity index (χ1) is 11.4. The molecule has 1 unspecified atom stereocenters. The van der Waals surface area contributed by atoms with E-state index < -0.39 is 0 Å². The van der Waals surface area contributed by atoms with Gasteiger partial charge in [-0.15, -0.1) is 0 Å². The highest BCUT2D eigenvalue weighted by Gasteiger charge is 2.44. The maximum absolute atomic E-state index is 2.29. The lowest BCUT2D eigenvalue weighted by Crippen LogP contribution is -3.05. The summed E-state index contributed by atoms with van der Waals surface area (Å²) in [7, 11) is 0. The van der Waals surface area contributed by atoms with Crippen LogP contribution >= 0.6 is 0 Å². The second-order valence-electron chi connectivity index (χ2n) is 6.46. The van der Waals surface area contributed by atoms with Gasteiger partial charge < -0.3 is 4.90 Å². The van der Waals surface area contributed by atoms with Gasteiger partial charge in [0.25, 0.3) is 0 Å². The number of quaternary nitrogens is 1. The van der Waals surface area contributed by atoms with Gasteiger partial charge in [-0.25, -0.2) is 0 Å². The average molecular weight is 300 g/mol. The Bertz CT molecular complexity index is 710. The SMILES string of the molecule is c1ccc([NH+]2CCC(c3ccccc3)(c3ccccc3)C2)cc1. The van der Waals surface area contributed by atoms with Crippen molar-refractivity contribution in [2.75, 3.05) is 13.1 Å². The Morgan fingerprint density at radius 1 is 0.609 bits per heavy atom. The molecule has 0 bridgehead atoms. The van der Waals surface area contributed by atoms with Crippen LogP contribution in [-0.4, -0.2) is 13.1 Å². The molecule has 1 aliphatic heterocycles. The van der Waals surface area contributed by atoms with E-state index in [1.54, 1.807) is 4.90 Å². The lowest BCUT2D eigenvalue weighted by atomic mass is 9.74. The molecule has 0 aliphatic carbocycles. The van der Waals surface area contributed by atoms with E-state index in [1.807, 2.05) is 0 Å². The monoisotopic (exact) mass is 300 g/mol. The number of hydrogen-bond donors (Lipinski definition) is 1. The third-order valence-electron chi connectivity index (χ3n) is 5.20. The molecule has 1 heteroatoms. The largest absolute Gasteiger partial charge is 0.301 e. The van der Waals surface area contributed by atoms with Gasteiger partial charge >= 0.3 is 0 Å². The van der Waals surface area contributed by atoms with Gasteiger partial charge in [0, 0.05) is 6.42 Å². The van der Waals surface area contributed by atoms with Gasteiger partial charge in [-0.2, -0.15) is 0 Å². The molecule has 3 aromatic carbocycles. The van der Waals surface area contributed by atoms with Crippen LogP contribution in [0.5, 0.6) is 0 Å². The number of para-hydroxylation sites is 1. The molecule has 1 N–H and O–H groups in total. The molecule has 1 nitrogen and oxygen atoms in total. The Morgan fingerprint density at radius 2 is 1.09 bits per heavy atom. The van der Waals surface area contributed by atoms with E-state index in [0.717, 1.165) is 6.54 Å². The fraction of sp³-hybridized carbons (Fsp3) is 0.182. The zero-order valence-corrected chi connectivity index (χ0v) is 13.3. The second-order valence-corrected chi connectivity index (χ2v) is 6.46. The van der Waals surface area contributed by atoms with E-state index in [2.05, 4.69) is 91.0 Å². The van der Waals surface area contributed by atoms with E-state index in [-0.39, 0.29) is 5.41 Å². The first-order valence-electron chi connectivity index (χ1n) is 8.40. The molecule has 1 fully saturated rings. The van der Waals surface area contributed by atoms with Gasteiger partial charge in [0.1, 0.15) is 5.69 Å². The molecule has 23 heavy (non-hydrogen) atoms. The van der Waals surface area contributed by atoms with Crippen LogP contribution in [0.25, 0.3) is 0 Å². The zero-order chi connectivity index (χ0) is 15.5. The third-order valence-corrected chi connectivity index (χ3v) is 5.20. The molecule has 0 spiro atoms. The van der Waals surface area contributed by atoms with Crippen LogP contribution in [0.15, 0.2) is 91.0 Å². The molecular formula is C22H22N+. The van der Waals surface area contributed by atoms with Crippen molar-refractivity contribution < 1.29 is 4.90 Å². The number of rotatable bonds is 3. The minimum absolute atomic E-state index is 0.119. The van der Waals surface area contributed by atoms with Gasteiger partial charge in [0.2, 0.25) is 0 Å². The predicted molar refractivity (Wildman–Crippen MR) is 95.1 cm³/mol. The molecule has 4 rings (SSSR count). The molecule has 0 saturated carbocycles. The van der Waals surface area contributed by atoms with Crippen LogP contribution in [0.2, 0.25) is 0 Å². The Labute approximate surface area is 138 Å². The van der Waals surface area contributed by atoms with Crippen LogP contribution in [0.4, 0.5) is 5.69 Å². The van der Waals surface area contributed by atoms with Gasteiger partial charge in [0.05, 0.1) is 18.5 Å². The lowest BCUT2D eigenvalue weighted by Gasteiger charge is -2.28. The third kappa shape index (κ3) is 2.58. The van der Waals surface area contributed by atoms with Crippen molar-refractivity contribution in [3.8, 4) is 0 Å². The minimum Gasteiger partial charge on any atom is -0.301 e. The zero-order valence-electron chi connectivity index (χ0n) is 13.3.